The Kier molecular flexibility index (Phi) is 2.28. The highest BCUT2D eigenvalue weighted by Crippen LogP contribution is 2.67. The second kappa shape index (κ2) is 3.53. The molecule has 2 N–H and O–H groups in total. The van der Waals surface area contributed by atoms with Gasteiger partial charge in [-0.25, -0.2) is 0 Å². The Bertz CT molecular complexity index is 522. The Hall–Kier alpha value is -0.750. The summed E-state index contributed by atoms with van der Waals surface area (Å²) in [5.41, 5.74) is -1.15. The Labute approximate surface area is 117 Å². The predicted octanol–water partition coefficient (Wildman–Crippen LogP) is 0.192. The van der Waals surface area contributed by atoms with Gasteiger partial charge in [0.15, 0.2) is 17.0 Å². The number of rotatable bonds is 2. The normalized spacial score (nSPS) is 56.7. The van der Waals surface area contributed by atoms with E-state index < -0.39 is 11.2 Å². The molecule has 20 heavy (non-hydrogen) atoms. The Morgan fingerprint density at radius 1 is 1.50 bits per heavy atom. The molecule has 0 aromatic carbocycles. The van der Waals surface area contributed by atoms with Crippen LogP contribution in [0.25, 0.3) is 0 Å². The molecule has 5 nitrogen and oxygen atoms in total. The van der Waals surface area contributed by atoms with Crippen molar-refractivity contribution in [2.24, 2.45) is 11.3 Å². The molecule has 2 saturated heterocycles. The number of hydrogen-bond acceptors (Lipinski definition) is 5. The molecule has 0 aromatic rings. The van der Waals surface area contributed by atoms with Crippen molar-refractivity contribution in [3.05, 3.63) is 11.6 Å². The maximum atomic E-state index is 12.5. The van der Waals surface area contributed by atoms with Gasteiger partial charge in [-0.3, -0.25) is 4.79 Å². The molecule has 3 fully saturated rings. The minimum Gasteiger partial charge on any atom is -0.393 e. The average molecular weight is 280 g/mol. The molecule has 0 aromatic heterocycles. The van der Waals surface area contributed by atoms with Crippen LogP contribution in [-0.4, -0.2) is 52.6 Å². The number of hydrogen-bond donors (Lipinski definition) is 2. The molecule has 2 aliphatic heterocycles. The Morgan fingerprint density at radius 3 is 2.80 bits per heavy atom. The topological polar surface area (TPSA) is 82.6 Å². The van der Waals surface area contributed by atoms with Crippen molar-refractivity contribution >= 4 is 5.78 Å². The zero-order valence-electron chi connectivity index (χ0n) is 11.8. The van der Waals surface area contributed by atoms with E-state index in [1.807, 2.05) is 6.92 Å². The molecule has 0 radical (unpaired) electrons. The zero-order chi connectivity index (χ0) is 14.3. The quantitative estimate of drug-likeness (QED) is 0.706. The van der Waals surface area contributed by atoms with Crippen LogP contribution in [0, 0.1) is 11.3 Å². The van der Waals surface area contributed by atoms with E-state index in [2.05, 4.69) is 6.92 Å². The first-order valence-corrected chi connectivity index (χ1v) is 7.28. The summed E-state index contributed by atoms with van der Waals surface area (Å²) in [5.74, 6) is -0.0536. The van der Waals surface area contributed by atoms with Gasteiger partial charge < -0.3 is 19.7 Å². The molecule has 110 valence electrons. The van der Waals surface area contributed by atoms with Crippen LogP contribution in [0.4, 0.5) is 0 Å². The summed E-state index contributed by atoms with van der Waals surface area (Å²) in [6, 6.07) is 0. The number of aliphatic hydroxyl groups is 2. The fourth-order valence-corrected chi connectivity index (χ4v) is 4.38. The summed E-state index contributed by atoms with van der Waals surface area (Å²) in [6.07, 6.45) is 2.44. The number of epoxide rings is 2. The number of carbonyl (C=O) groups excluding carboxylic acids is 1. The standard InChI is InChI=1S/C15H20O5/c1-8-10(17)4-3-9-5-11(18)15(14(6-16)7-19-14)12(20-15)13(8,9)2/h5,8,10,12,16-17H,3-4,6-7H2,1-2H3/t8-,10+,12+,13+,14+,15-/m0/s1. The van der Waals surface area contributed by atoms with Crippen molar-refractivity contribution in [1.82, 2.24) is 0 Å². The minimum atomic E-state index is -1.02. The van der Waals surface area contributed by atoms with E-state index in [0.717, 1.165) is 12.0 Å². The lowest BCUT2D eigenvalue weighted by molar-refractivity contribution is -0.123. The minimum absolute atomic E-state index is 0.0250. The molecule has 6 atom stereocenters. The highest BCUT2D eigenvalue weighted by Gasteiger charge is 2.84. The molecule has 5 heteroatoms. The summed E-state index contributed by atoms with van der Waals surface area (Å²) in [6.45, 7) is 4.24. The van der Waals surface area contributed by atoms with Gasteiger partial charge in [-0.1, -0.05) is 19.4 Å². The van der Waals surface area contributed by atoms with Gasteiger partial charge in [0.2, 0.25) is 0 Å². The largest absolute Gasteiger partial charge is 0.393 e. The lowest BCUT2D eigenvalue weighted by Gasteiger charge is -2.46. The van der Waals surface area contributed by atoms with E-state index in [4.69, 9.17) is 9.47 Å². The fraction of sp³-hybridized carbons (Fsp3) is 0.800. The summed E-state index contributed by atoms with van der Waals surface area (Å²) in [7, 11) is 0. The van der Waals surface area contributed by atoms with Gasteiger partial charge >= 0.3 is 0 Å². The van der Waals surface area contributed by atoms with Crippen LogP contribution in [0.15, 0.2) is 11.6 Å². The molecule has 0 spiro atoms. The molecule has 2 heterocycles. The van der Waals surface area contributed by atoms with Gasteiger partial charge in [0.1, 0.15) is 6.10 Å². The number of fused-ring (bicyclic) bond motifs is 3. The summed E-state index contributed by atoms with van der Waals surface area (Å²) in [5, 5.41) is 19.8. The van der Waals surface area contributed by atoms with Crippen molar-refractivity contribution in [3.63, 3.8) is 0 Å². The first kappa shape index (κ1) is 13.0. The maximum absolute atomic E-state index is 12.5. The van der Waals surface area contributed by atoms with Crippen LogP contribution in [0.2, 0.25) is 0 Å². The highest BCUT2D eigenvalue weighted by molar-refractivity contribution is 6.03. The van der Waals surface area contributed by atoms with Crippen LogP contribution in [-0.2, 0) is 14.3 Å². The molecular formula is C15H20O5. The van der Waals surface area contributed by atoms with Gasteiger partial charge in [-0.15, -0.1) is 0 Å². The second-order valence-electron chi connectivity index (χ2n) is 6.89. The molecule has 4 rings (SSSR count). The van der Waals surface area contributed by atoms with Crippen molar-refractivity contribution in [2.45, 2.75) is 50.1 Å². The Balaban J connectivity index is 1.81. The molecule has 0 amide bonds. The highest BCUT2D eigenvalue weighted by atomic mass is 16.7. The van der Waals surface area contributed by atoms with Crippen molar-refractivity contribution in [1.29, 1.82) is 0 Å². The van der Waals surface area contributed by atoms with Crippen molar-refractivity contribution in [3.8, 4) is 0 Å². The van der Waals surface area contributed by atoms with E-state index in [1.54, 1.807) is 6.08 Å². The van der Waals surface area contributed by atoms with E-state index in [-0.39, 0.29) is 35.9 Å². The van der Waals surface area contributed by atoms with Crippen LogP contribution < -0.4 is 0 Å². The van der Waals surface area contributed by atoms with Crippen LogP contribution in [0.5, 0.6) is 0 Å². The monoisotopic (exact) mass is 280 g/mol. The summed E-state index contributed by atoms with van der Waals surface area (Å²) >= 11 is 0. The van der Waals surface area contributed by atoms with Gasteiger partial charge in [0, 0.05) is 5.41 Å². The molecule has 4 aliphatic rings. The molecular weight excluding hydrogens is 260 g/mol. The number of carbonyl (C=O) groups is 1. The fourth-order valence-electron chi connectivity index (χ4n) is 4.38. The number of ketones is 1. The third kappa shape index (κ3) is 1.18. The van der Waals surface area contributed by atoms with Gasteiger partial charge in [-0.2, -0.15) is 0 Å². The summed E-state index contributed by atoms with van der Waals surface area (Å²) in [4.78, 5) is 12.5. The average Bonchev–Trinajstić information content (AvgIpc) is 3.29. The Morgan fingerprint density at radius 2 is 2.20 bits per heavy atom. The predicted molar refractivity (Wildman–Crippen MR) is 69.0 cm³/mol. The van der Waals surface area contributed by atoms with Crippen molar-refractivity contribution in [2.75, 3.05) is 13.2 Å². The lowest BCUT2D eigenvalue weighted by atomic mass is 9.56. The van der Waals surface area contributed by atoms with Gasteiger partial charge in [-0.05, 0) is 24.8 Å². The van der Waals surface area contributed by atoms with Crippen LogP contribution in [0.1, 0.15) is 26.7 Å². The van der Waals surface area contributed by atoms with Crippen molar-refractivity contribution < 1.29 is 24.5 Å². The smallest absolute Gasteiger partial charge is 0.193 e. The molecule has 1 saturated carbocycles. The molecule has 2 aliphatic carbocycles. The van der Waals surface area contributed by atoms with Gasteiger partial charge in [0.25, 0.3) is 0 Å². The van der Waals surface area contributed by atoms with Gasteiger partial charge in [0.05, 0.1) is 19.3 Å². The molecule has 0 bridgehead atoms. The van der Waals surface area contributed by atoms with E-state index in [1.165, 1.54) is 0 Å². The number of ether oxygens (including phenoxy) is 2. The lowest BCUT2D eigenvalue weighted by Crippen LogP contribution is -2.55. The zero-order valence-corrected chi connectivity index (χ0v) is 11.8. The van der Waals surface area contributed by atoms with E-state index >= 15 is 0 Å². The first-order valence-electron chi connectivity index (χ1n) is 7.28. The first-order chi connectivity index (χ1) is 9.42. The third-order valence-corrected chi connectivity index (χ3v) is 6.18. The SMILES string of the molecule is C[C@H]1[C@H](O)CCC2=CC(=O)[C@]3([C@@]4(CO)CO4)O[C@@H]3[C@@]21C. The van der Waals surface area contributed by atoms with E-state index in [0.29, 0.717) is 13.0 Å². The second-order valence-corrected chi connectivity index (χ2v) is 6.89. The maximum Gasteiger partial charge on any atom is 0.193 e. The third-order valence-electron chi connectivity index (χ3n) is 6.18. The summed E-state index contributed by atoms with van der Waals surface area (Å²) < 4.78 is 11.3. The molecule has 0 unspecified atom stereocenters. The van der Waals surface area contributed by atoms with Crippen LogP contribution >= 0.6 is 0 Å². The number of aliphatic hydroxyl groups excluding tert-OH is 2. The van der Waals surface area contributed by atoms with E-state index in [9.17, 15) is 15.0 Å². The van der Waals surface area contributed by atoms with Crippen LogP contribution in [0.3, 0.4) is 0 Å².